The van der Waals surface area contributed by atoms with Crippen molar-refractivity contribution in [2.45, 2.75) is 75.4 Å². The van der Waals surface area contributed by atoms with E-state index in [0.717, 1.165) is 149 Å². The van der Waals surface area contributed by atoms with Crippen LogP contribution in [0, 0.1) is 0 Å². The highest BCUT2D eigenvalue weighted by Gasteiger charge is 2.48. The van der Waals surface area contributed by atoms with Crippen LogP contribution in [0.25, 0.3) is 76.1 Å². The van der Waals surface area contributed by atoms with Crippen LogP contribution in [-0.4, -0.2) is 23.1 Å². The van der Waals surface area contributed by atoms with Crippen molar-refractivity contribution in [2.75, 3.05) is 0 Å². The van der Waals surface area contributed by atoms with E-state index < -0.39 is 11.2 Å². The molecule has 2 fully saturated rings. The number of rotatable bonds is 2. The summed E-state index contributed by atoms with van der Waals surface area (Å²) in [6, 6.07) is 41.0. The lowest BCUT2D eigenvalue weighted by molar-refractivity contribution is 0.0205. The van der Waals surface area contributed by atoms with Gasteiger partial charge in [-0.2, -0.15) is 0 Å². The van der Waals surface area contributed by atoms with Crippen LogP contribution >= 0.6 is 22.7 Å². The van der Waals surface area contributed by atoms with Crippen molar-refractivity contribution in [3.63, 3.8) is 0 Å². The molecule has 9 aromatic rings. The molecule has 0 N–H and O–H groups in total. The lowest BCUT2D eigenvalue weighted by Crippen LogP contribution is -2.40. The van der Waals surface area contributed by atoms with Crippen molar-refractivity contribution in [3.05, 3.63) is 176 Å². The first-order valence-corrected chi connectivity index (χ1v) is 26.2. The molecule has 8 heteroatoms. The van der Waals surface area contributed by atoms with Crippen LogP contribution in [-0.2, 0) is 11.2 Å². The first-order chi connectivity index (χ1) is 34.2. The number of allylic oxidation sites excluding steroid dienone is 2. The largest absolute Gasteiger partial charge is 0.481 e. The molecular formula is C62H42O6S2. The average molecular weight is 947 g/mol. The topological polar surface area (TPSA) is 86.7 Å². The molecule has 0 amide bonds. The smallest absolute Gasteiger partial charge is 0.197 e. The van der Waals surface area contributed by atoms with E-state index in [0.29, 0.717) is 22.3 Å². The van der Waals surface area contributed by atoms with Crippen LogP contribution in [0.3, 0.4) is 0 Å². The molecule has 0 bridgehead atoms. The van der Waals surface area contributed by atoms with Gasteiger partial charge >= 0.3 is 0 Å². The standard InChI is InChI=1S/C62H42O6S2/c63-55-43-23-37-19-33-11-3-4-12-34(33)20-38(37)24-44(43)56(64)49(55)27-41-29-53-59(69-41)47-32-52-48(31-51(47)61(67-53)15-7-1-8-16-61)60-54(68-62(52)17-9-2-10-18-62)30-42(70-60)28-50-57(65)45-25-39-21-35-13-5-6-14-36(35)22-40(39)26-46(45)58(50)66/h3-6,11-14,19-32H,1-2,7-10,15-18H2. The van der Waals surface area contributed by atoms with E-state index in [-0.39, 0.29) is 34.3 Å². The van der Waals surface area contributed by atoms with Crippen LogP contribution < -0.4 is 9.47 Å². The fourth-order valence-corrected chi connectivity index (χ4v) is 14.9. The minimum absolute atomic E-state index is 0.184. The Kier molecular flexibility index (Phi) is 8.49. The predicted molar refractivity (Wildman–Crippen MR) is 280 cm³/mol. The summed E-state index contributed by atoms with van der Waals surface area (Å²) in [4.78, 5) is 60.2. The van der Waals surface area contributed by atoms with Gasteiger partial charge in [0.2, 0.25) is 0 Å². The highest BCUT2D eigenvalue weighted by molar-refractivity contribution is 7.17. The van der Waals surface area contributed by atoms with E-state index in [1.54, 1.807) is 34.8 Å². The predicted octanol–water partition coefficient (Wildman–Crippen LogP) is 15.8. The maximum Gasteiger partial charge on any atom is 0.197 e. The van der Waals surface area contributed by atoms with Crippen LogP contribution in [0.1, 0.15) is 127 Å². The van der Waals surface area contributed by atoms with Gasteiger partial charge in [-0.25, -0.2) is 0 Å². The van der Waals surface area contributed by atoms with Gasteiger partial charge < -0.3 is 9.47 Å². The molecule has 0 unspecified atom stereocenters. The molecule has 2 spiro atoms. The zero-order valence-corrected chi connectivity index (χ0v) is 39.7. The Labute approximate surface area is 410 Å². The van der Waals surface area contributed by atoms with E-state index in [9.17, 15) is 19.2 Å². The van der Waals surface area contributed by atoms with Crippen molar-refractivity contribution in [2.24, 2.45) is 0 Å². The van der Waals surface area contributed by atoms with Crippen molar-refractivity contribution in [1.82, 2.24) is 0 Å². The third-order valence-corrected chi connectivity index (χ3v) is 18.4. The van der Waals surface area contributed by atoms with Crippen LogP contribution in [0.5, 0.6) is 11.5 Å². The third kappa shape index (κ3) is 5.84. The van der Waals surface area contributed by atoms with Gasteiger partial charge in [0, 0.05) is 54.3 Å². The second kappa shape index (κ2) is 14.6. The van der Waals surface area contributed by atoms with Gasteiger partial charge in [-0.1, -0.05) is 61.4 Å². The number of ketones is 4. The fraction of sp³-hybridized carbons (Fsp3) is 0.194. The minimum Gasteiger partial charge on any atom is -0.481 e. The molecule has 15 rings (SSSR count). The van der Waals surface area contributed by atoms with Gasteiger partial charge in [-0.3, -0.25) is 19.2 Å². The highest BCUT2D eigenvalue weighted by atomic mass is 32.1. The number of hydrogen-bond donors (Lipinski definition) is 0. The van der Waals surface area contributed by atoms with Crippen molar-refractivity contribution in [1.29, 1.82) is 0 Å². The van der Waals surface area contributed by atoms with Gasteiger partial charge in [-0.05, 0) is 179 Å². The Morgan fingerprint density at radius 3 is 1.03 bits per heavy atom. The Morgan fingerprint density at radius 1 is 0.371 bits per heavy atom. The highest BCUT2D eigenvalue weighted by Crippen LogP contribution is 2.60. The number of carbonyl (C=O) groups excluding carboxylic acids is 4. The fourth-order valence-electron chi connectivity index (χ4n) is 12.8. The SMILES string of the molecule is O=C1C(=Cc2cc3c(s2)-c2cc4c(cc2C2(CCCCC2)O3)-c2sc(C=C3C(=O)c5cc6cc7ccccc7cc6cc5C3=O)cc2OC42CCCCC2)C(=O)c2cc3cc4ccccc4cc3cc21. The maximum atomic E-state index is 14.1. The average Bonchev–Trinajstić information content (AvgIpc) is 4.10. The molecule has 70 heavy (non-hydrogen) atoms. The van der Waals surface area contributed by atoms with E-state index in [4.69, 9.17) is 9.47 Å². The molecule has 2 saturated carbocycles. The summed E-state index contributed by atoms with van der Waals surface area (Å²) in [6.45, 7) is 0. The van der Waals surface area contributed by atoms with Crippen molar-refractivity contribution in [3.8, 4) is 32.4 Å². The van der Waals surface area contributed by atoms with Gasteiger partial charge in [0.05, 0.1) is 20.9 Å². The van der Waals surface area contributed by atoms with Gasteiger partial charge in [0.25, 0.3) is 0 Å². The Bertz CT molecular complexity index is 3580. The Hall–Kier alpha value is -7.26. The number of ether oxygens (including phenoxy) is 2. The van der Waals surface area contributed by atoms with E-state index in [2.05, 4.69) is 60.7 Å². The Balaban J connectivity index is 0.832. The lowest BCUT2D eigenvalue weighted by atomic mass is 9.71. The molecule has 0 atom stereocenters. The minimum atomic E-state index is -0.538. The molecule has 7 aromatic carbocycles. The van der Waals surface area contributed by atoms with Crippen molar-refractivity contribution < 1.29 is 28.7 Å². The lowest BCUT2D eigenvalue weighted by Gasteiger charge is -2.45. The first kappa shape index (κ1) is 40.6. The van der Waals surface area contributed by atoms with Crippen LogP contribution in [0.15, 0.2) is 132 Å². The van der Waals surface area contributed by atoms with Crippen LogP contribution in [0.2, 0.25) is 0 Å². The molecule has 338 valence electrons. The second-order valence-electron chi connectivity index (χ2n) is 20.3. The van der Waals surface area contributed by atoms with Gasteiger partial charge in [0.15, 0.2) is 23.1 Å². The number of carbonyl (C=O) groups is 4. The monoisotopic (exact) mass is 946 g/mol. The number of fused-ring (bicyclic) bond motifs is 14. The zero-order valence-electron chi connectivity index (χ0n) is 38.0. The summed E-state index contributed by atoms with van der Waals surface area (Å²) >= 11 is 3.15. The maximum absolute atomic E-state index is 14.1. The van der Waals surface area contributed by atoms with Gasteiger partial charge in [0.1, 0.15) is 22.7 Å². The number of hydrogen-bond acceptors (Lipinski definition) is 8. The molecule has 0 radical (unpaired) electrons. The zero-order chi connectivity index (χ0) is 46.6. The number of thiophene rings is 2. The summed E-state index contributed by atoms with van der Waals surface area (Å²) in [5.74, 6) is 0.624. The molecule has 2 aliphatic heterocycles. The molecule has 6 aliphatic rings. The van der Waals surface area contributed by atoms with E-state index >= 15 is 0 Å². The molecule has 0 saturated heterocycles. The summed E-state index contributed by atoms with van der Waals surface area (Å²) in [7, 11) is 0. The normalized spacial score (nSPS) is 18.2. The summed E-state index contributed by atoms with van der Waals surface area (Å²) in [6.07, 6.45) is 13.6. The van der Waals surface area contributed by atoms with Gasteiger partial charge in [-0.15, -0.1) is 22.7 Å². The molecule has 4 heterocycles. The molecule has 6 nitrogen and oxygen atoms in total. The van der Waals surface area contributed by atoms with E-state index in [1.165, 1.54) is 11.1 Å². The number of Topliss-reactive ketones (excluding diaryl/α,β-unsaturated/α-hetero) is 4. The summed E-state index contributed by atoms with van der Waals surface area (Å²) in [5.41, 5.74) is 5.72. The second-order valence-corrected chi connectivity index (χ2v) is 22.4. The van der Waals surface area contributed by atoms with E-state index in [1.807, 2.05) is 60.7 Å². The quantitative estimate of drug-likeness (QED) is 0.0975. The third-order valence-electron chi connectivity index (χ3n) is 16.2. The Morgan fingerprint density at radius 2 is 0.700 bits per heavy atom. The van der Waals surface area contributed by atoms with Crippen LogP contribution in [0.4, 0.5) is 0 Å². The first-order valence-electron chi connectivity index (χ1n) is 24.6. The van der Waals surface area contributed by atoms with Crippen molar-refractivity contribution >= 4 is 101 Å². The molecule has 4 aliphatic carbocycles. The number of benzene rings is 7. The summed E-state index contributed by atoms with van der Waals surface area (Å²) in [5, 5.41) is 8.11. The molecule has 2 aromatic heterocycles. The summed E-state index contributed by atoms with van der Waals surface area (Å²) < 4.78 is 14.5. The molecular weight excluding hydrogens is 905 g/mol.